The van der Waals surface area contributed by atoms with E-state index in [1.54, 1.807) is 35.5 Å². The molecule has 0 bridgehead atoms. The number of imidazole rings is 1. The number of rotatable bonds is 17. The molecule has 5 rings (SSSR count). The molecule has 1 unspecified atom stereocenters. The molecule has 51 heavy (non-hydrogen) atoms. The van der Waals surface area contributed by atoms with Crippen LogP contribution in [0.3, 0.4) is 0 Å². The molecule has 1 N–H and O–H groups in total. The molecule has 3 heterocycles. The van der Waals surface area contributed by atoms with Gasteiger partial charge in [-0.25, -0.2) is 14.3 Å². The van der Waals surface area contributed by atoms with Crippen molar-refractivity contribution in [3.8, 4) is 29.0 Å². The Balaban J connectivity index is 1.53. The van der Waals surface area contributed by atoms with E-state index in [1.165, 1.54) is 0 Å². The van der Waals surface area contributed by atoms with Gasteiger partial charge >= 0.3 is 12.1 Å². The minimum absolute atomic E-state index is 0.0832. The maximum atomic E-state index is 11.6. The largest absolute Gasteiger partial charge is 0.497 e. The highest BCUT2D eigenvalue weighted by atomic mass is 16.5. The zero-order valence-corrected chi connectivity index (χ0v) is 30.8. The Morgan fingerprint density at radius 2 is 1.59 bits per heavy atom. The summed E-state index contributed by atoms with van der Waals surface area (Å²) in [5, 5.41) is 7.40. The Morgan fingerprint density at radius 3 is 2.14 bits per heavy atom. The number of piperidine rings is 1. The Morgan fingerprint density at radius 1 is 0.961 bits per heavy atom. The number of aromatic nitrogens is 4. The van der Waals surface area contributed by atoms with E-state index < -0.39 is 6.09 Å². The molecule has 1 fully saturated rings. The average molecular weight is 706 g/mol. The lowest BCUT2D eigenvalue weighted by molar-refractivity contribution is 0.0949. The number of carbonyl (C=O) groups excluding carboxylic acids is 1. The summed E-state index contributed by atoms with van der Waals surface area (Å²) >= 11 is 0. The van der Waals surface area contributed by atoms with Gasteiger partial charge in [0.2, 0.25) is 0 Å². The number of carbonyl (C=O) groups is 1. The minimum atomic E-state index is -0.394. The zero-order chi connectivity index (χ0) is 36.3. The van der Waals surface area contributed by atoms with Crippen LogP contribution in [0.1, 0.15) is 56.4 Å². The molecule has 1 amide bonds. The molecular formula is C37H51N7O7. The van der Waals surface area contributed by atoms with Crippen molar-refractivity contribution in [3.05, 3.63) is 59.4 Å². The summed E-state index contributed by atoms with van der Waals surface area (Å²) in [6.45, 7) is 7.80. The van der Waals surface area contributed by atoms with Crippen molar-refractivity contribution < 1.29 is 33.2 Å². The van der Waals surface area contributed by atoms with Gasteiger partial charge in [-0.15, -0.1) is 5.10 Å². The fraction of sp³-hybridized carbons (Fsp3) is 0.514. The van der Waals surface area contributed by atoms with E-state index in [1.807, 2.05) is 54.0 Å². The van der Waals surface area contributed by atoms with Crippen LogP contribution >= 0.6 is 0 Å². The zero-order valence-electron chi connectivity index (χ0n) is 30.8. The predicted octanol–water partition coefficient (Wildman–Crippen LogP) is 5.50. The third kappa shape index (κ3) is 9.43. The van der Waals surface area contributed by atoms with Crippen LogP contribution in [0.5, 0.6) is 29.0 Å². The number of benzene rings is 2. The molecule has 1 aliphatic rings. The number of amides is 1. The molecule has 2 aromatic carbocycles. The predicted molar refractivity (Wildman–Crippen MR) is 193 cm³/mol. The van der Waals surface area contributed by atoms with Crippen LogP contribution in [-0.4, -0.2) is 91.9 Å². The Bertz CT molecular complexity index is 1680. The van der Waals surface area contributed by atoms with Crippen molar-refractivity contribution in [2.75, 3.05) is 60.1 Å². The van der Waals surface area contributed by atoms with Crippen molar-refractivity contribution in [3.63, 3.8) is 0 Å². The van der Waals surface area contributed by atoms with Crippen LogP contribution < -0.4 is 33.9 Å². The van der Waals surface area contributed by atoms with E-state index in [9.17, 15) is 4.79 Å². The lowest BCUT2D eigenvalue weighted by atomic mass is 9.98. The first-order valence-corrected chi connectivity index (χ1v) is 17.4. The van der Waals surface area contributed by atoms with Crippen LogP contribution in [0.4, 0.5) is 10.6 Å². The first-order chi connectivity index (χ1) is 24.8. The average Bonchev–Trinajstić information content (AvgIpc) is 3.55. The van der Waals surface area contributed by atoms with Crippen LogP contribution in [0.25, 0.3) is 5.65 Å². The number of methoxy groups -OCH3 is 4. The third-order valence-corrected chi connectivity index (χ3v) is 9.15. The molecule has 0 radical (unpaired) electrons. The van der Waals surface area contributed by atoms with Crippen LogP contribution in [0.15, 0.2) is 42.6 Å². The summed E-state index contributed by atoms with van der Waals surface area (Å²) < 4.78 is 36.1. The van der Waals surface area contributed by atoms with E-state index in [4.69, 9.17) is 43.5 Å². The molecule has 1 saturated heterocycles. The van der Waals surface area contributed by atoms with Crippen molar-refractivity contribution >= 4 is 17.6 Å². The van der Waals surface area contributed by atoms with Gasteiger partial charge in [0.25, 0.3) is 0 Å². The first-order valence-electron chi connectivity index (χ1n) is 17.4. The lowest BCUT2D eigenvalue weighted by Crippen LogP contribution is -2.36. The van der Waals surface area contributed by atoms with Gasteiger partial charge in [0, 0.05) is 49.9 Å². The summed E-state index contributed by atoms with van der Waals surface area (Å²) in [5.74, 6) is 3.71. The molecule has 1 aliphatic heterocycles. The van der Waals surface area contributed by atoms with Gasteiger partial charge in [0.05, 0.1) is 53.0 Å². The summed E-state index contributed by atoms with van der Waals surface area (Å²) in [6.07, 6.45) is 5.08. The number of nitrogens with one attached hydrogen (secondary N) is 1. The number of likely N-dealkylation sites (tertiary alicyclic amines) is 1. The Kier molecular flexibility index (Phi) is 13.0. The maximum absolute atomic E-state index is 11.6. The number of anilines is 1. The van der Waals surface area contributed by atoms with Crippen molar-refractivity contribution in [1.29, 1.82) is 0 Å². The van der Waals surface area contributed by atoms with E-state index in [2.05, 4.69) is 22.0 Å². The van der Waals surface area contributed by atoms with E-state index in [-0.39, 0.29) is 12.1 Å². The quantitative estimate of drug-likeness (QED) is 0.149. The van der Waals surface area contributed by atoms with Gasteiger partial charge < -0.3 is 38.6 Å². The second-order valence-corrected chi connectivity index (χ2v) is 12.7. The highest BCUT2D eigenvalue weighted by Crippen LogP contribution is 2.33. The van der Waals surface area contributed by atoms with Crippen LogP contribution in [-0.2, 0) is 24.4 Å². The van der Waals surface area contributed by atoms with E-state index in [0.717, 1.165) is 55.6 Å². The highest BCUT2D eigenvalue weighted by Gasteiger charge is 2.26. The Labute approximate surface area is 299 Å². The lowest BCUT2D eigenvalue weighted by Gasteiger charge is -2.31. The summed E-state index contributed by atoms with van der Waals surface area (Å²) in [5.41, 5.74) is 3.39. The van der Waals surface area contributed by atoms with Crippen LogP contribution in [0.2, 0.25) is 0 Å². The van der Waals surface area contributed by atoms with Crippen molar-refractivity contribution in [2.45, 2.75) is 65.3 Å². The van der Waals surface area contributed by atoms with E-state index in [0.29, 0.717) is 66.6 Å². The molecule has 1 atom stereocenters. The summed E-state index contributed by atoms with van der Waals surface area (Å²) in [4.78, 5) is 26.0. The standard InChI is InChI=1S/C37H51N7O7/c1-8-9-25(2)51-36-40-35(34-39-20-29(44(34)41-36)23-42-16-14-26(15-17-42)24-50-37(45)38-3)43(21-27-10-12-30(46-4)18-32(27)48-6)22-28-11-13-31(47-5)19-33(28)49-7/h10-13,18-20,25-26H,8-9,14-17,21-24H2,1-7H3,(H,38,45). The molecule has 14 nitrogen and oxygen atoms in total. The molecule has 0 saturated carbocycles. The first kappa shape index (κ1) is 37.3. The maximum Gasteiger partial charge on any atom is 0.406 e. The number of fused-ring (bicyclic) bond motifs is 1. The van der Waals surface area contributed by atoms with Gasteiger partial charge in [-0.2, -0.15) is 4.98 Å². The Hall–Kier alpha value is -4.98. The highest BCUT2D eigenvalue weighted by molar-refractivity contribution is 5.67. The smallest absolute Gasteiger partial charge is 0.406 e. The number of ether oxygens (including phenoxy) is 6. The van der Waals surface area contributed by atoms with Gasteiger partial charge in [0.1, 0.15) is 23.0 Å². The minimum Gasteiger partial charge on any atom is -0.497 e. The van der Waals surface area contributed by atoms with Gasteiger partial charge in [-0.05, 0) is 69.5 Å². The summed E-state index contributed by atoms with van der Waals surface area (Å²) in [6, 6.07) is 11.9. The van der Waals surface area contributed by atoms with Gasteiger partial charge in [-0.1, -0.05) is 13.3 Å². The second kappa shape index (κ2) is 17.8. The molecule has 2 aromatic heterocycles. The molecule has 0 aliphatic carbocycles. The van der Waals surface area contributed by atoms with Crippen molar-refractivity contribution in [2.24, 2.45) is 5.92 Å². The monoisotopic (exact) mass is 705 g/mol. The number of hydrogen-bond donors (Lipinski definition) is 1. The number of nitrogens with zero attached hydrogens (tertiary/aromatic N) is 6. The van der Waals surface area contributed by atoms with Gasteiger partial charge in [-0.3, -0.25) is 4.90 Å². The fourth-order valence-corrected chi connectivity index (χ4v) is 6.30. The third-order valence-electron chi connectivity index (χ3n) is 9.15. The van der Waals surface area contributed by atoms with Crippen LogP contribution in [0, 0.1) is 5.92 Å². The molecule has 0 spiro atoms. The van der Waals surface area contributed by atoms with E-state index >= 15 is 0 Å². The topological polar surface area (TPSA) is 134 Å². The summed E-state index contributed by atoms with van der Waals surface area (Å²) in [7, 11) is 8.14. The second-order valence-electron chi connectivity index (χ2n) is 12.7. The molecule has 276 valence electrons. The number of alkyl carbamates (subject to hydrolysis) is 1. The normalized spacial score (nSPS) is 14.2. The molecule has 14 heteroatoms. The number of hydrogen-bond acceptors (Lipinski definition) is 12. The molecule has 4 aromatic rings. The SMILES string of the molecule is CCCC(C)Oc1nc(N(Cc2ccc(OC)cc2OC)Cc2ccc(OC)cc2OC)c2ncc(CN3CCC(COC(=O)NC)CC3)n2n1. The van der Waals surface area contributed by atoms with Gasteiger partial charge in [0.15, 0.2) is 11.5 Å². The fourth-order valence-electron chi connectivity index (χ4n) is 6.30. The van der Waals surface area contributed by atoms with Crippen molar-refractivity contribution in [1.82, 2.24) is 29.8 Å². The molecular weight excluding hydrogens is 654 g/mol.